The van der Waals surface area contributed by atoms with Crippen LogP contribution in [0.4, 0.5) is 16.2 Å². The van der Waals surface area contributed by atoms with Gasteiger partial charge in [-0.25, -0.2) is 9.59 Å². The highest BCUT2D eigenvalue weighted by Gasteiger charge is 2.55. The van der Waals surface area contributed by atoms with Gasteiger partial charge < -0.3 is 15.2 Å². The minimum atomic E-state index is -0.980. The molecule has 0 atom stereocenters. The lowest BCUT2D eigenvalue weighted by Gasteiger charge is -2.60. The van der Waals surface area contributed by atoms with Crippen molar-refractivity contribution in [2.75, 3.05) is 17.3 Å². The van der Waals surface area contributed by atoms with E-state index in [1.807, 2.05) is 29.2 Å². The zero-order chi connectivity index (χ0) is 21.6. The molecule has 0 aromatic heterocycles. The number of carbonyl (C=O) groups is 2. The van der Waals surface area contributed by atoms with Crippen molar-refractivity contribution < 1.29 is 19.4 Å². The van der Waals surface area contributed by atoms with Gasteiger partial charge in [-0.1, -0.05) is 0 Å². The molecule has 4 aliphatic rings. The second kappa shape index (κ2) is 7.59. The van der Waals surface area contributed by atoms with Gasteiger partial charge in [-0.05, 0) is 105 Å². The van der Waals surface area contributed by atoms with E-state index in [9.17, 15) is 9.59 Å². The molecule has 4 saturated carbocycles. The molecule has 2 aromatic carbocycles. The Morgan fingerprint density at radius 1 is 0.935 bits per heavy atom. The fourth-order valence-corrected chi connectivity index (χ4v) is 6.55. The van der Waals surface area contributed by atoms with Crippen LogP contribution in [0.15, 0.2) is 48.5 Å². The van der Waals surface area contributed by atoms with Crippen LogP contribution in [0.3, 0.4) is 0 Å². The number of benzene rings is 2. The monoisotopic (exact) mass is 420 g/mol. The summed E-state index contributed by atoms with van der Waals surface area (Å²) in [6.45, 7) is 0. The van der Waals surface area contributed by atoms with Crippen molar-refractivity contribution in [1.82, 2.24) is 0 Å². The van der Waals surface area contributed by atoms with E-state index in [1.165, 1.54) is 31.4 Å². The lowest BCUT2D eigenvalue weighted by atomic mass is 9.52. The number of ether oxygens (including phenoxy) is 1. The van der Waals surface area contributed by atoms with Crippen molar-refractivity contribution >= 4 is 23.4 Å². The second-order valence-corrected chi connectivity index (χ2v) is 9.49. The van der Waals surface area contributed by atoms with Gasteiger partial charge in [0.1, 0.15) is 5.75 Å². The molecule has 0 heterocycles. The number of nitrogens with one attached hydrogen (secondary N) is 1. The quantitative estimate of drug-likeness (QED) is 0.679. The molecule has 31 heavy (non-hydrogen) atoms. The van der Waals surface area contributed by atoms with Crippen molar-refractivity contribution in [2.24, 2.45) is 17.8 Å². The maximum atomic E-state index is 13.7. The number of hydrogen-bond acceptors (Lipinski definition) is 3. The SMILES string of the molecule is COc1ccc(N(C(=O)Nc2ccc(C(=O)O)cc2)C23CC4CC(CC(C4)C2)C3)cc1. The van der Waals surface area contributed by atoms with Crippen LogP contribution >= 0.6 is 0 Å². The van der Waals surface area contributed by atoms with Crippen LogP contribution in [0.5, 0.6) is 5.75 Å². The van der Waals surface area contributed by atoms with Gasteiger partial charge in [0.2, 0.25) is 0 Å². The Bertz CT molecular complexity index is 948. The molecule has 2 aromatic rings. The van der Waals surface area contributed by atoms with Gasteiger partial charge in [-0.3, -0.25) is 4.90 Å². The Hall–Kier alpha value is -3.02. The van der Waals surface area contributed by atoms with Crippen LogP contribution in [0, 0.1) is 17.8 Å². The van der Waals surface area contributed by atoms with Crippen LogP contribution in [0.2, 0.25) is 0 Å². The molecule has 0 spiro atoms. The van der Waals surface area contributed by atoms with Crippen LogP contribution in [0.25, 0.3) is 0 Å². The van der Waals surface area contributed by atoms with Gasteiger partial charge in [0.15, 0.2) is 0 Å². The number of urea groups is 1. The summed E-state index contributed by atoms with van der Waals surface area (Å²) in [5.74, 6) is 1.89. The molecule has 2 N–H and O–H groups in total. The Labute approximate surface area is 182 Å². The van der Waals surface area contributed by atoms with Crippen molar-refractivity contribution in [3.05, 3.63) is 54.1 Å². The lowest BCUT2D eigenvalue weighted by Crippen LogP contribution is -2.62. The van der Waals surface area contributed by atoms with Gasteiger partial charge in [-0.2, -0.15) is 0 Å². The van der Waals surface area contributed by atoms with E-state index >= 15 is 0 Å². The van der Waals surface area contributed by atoms with E-state index < -0.39 is 5.97 Å². The first-order valence-corrected chi connectivity index (χ1v) is 11.0. The number of amides is 2. The standard InChI is InChI=1S/C25H28N2O4/c1-31-22-8-6-21(7-9-22)27(24(30)26-20-4-2-19(3-5-20)23(28)29)25-13-16-10-17(14-25)12-18(11-16)15-25/h2-9,16-18H,10-15H2,1H3,(H,26,30)(H,28,29). The summed E-state index contributed by atoms with van der Waals surface area (Å²) in [7, 11) is 1.64. The average molecular weight is 421 g/mol. The van der Waals surface area contributed by atoms with E-state index in [-0.39, 0.29) is 17.1 Å². The van der Waals surface area contributed by atoms with E-state index in [0.717, 1.165) is 30.7 Å². The number of carboxylic acids is 1. The normalized spacial score (nSPS) is 28.2. The number of hydrogen-bond donors (Lipinski definition) is 2. The molecule has 6 heteroatoms. The van der Waals surface area contributed by atoms with Gasteiger partial charge in [-0.15, -0.1) is 0 Å². The summed E-state index contributed by atoms with van der Waals surface area (Å²) in [6, 6.07) is 13.9. The second-order valence-electron chi connectivity index (χ2n) is 9.49. The Morgan fingerprint density at radius 2 is 1.48 bits per heavy atom. The molecule has 162 valence electrons. The van der Waals surface area contributed by atoms with E-state index in [0.29, 0.717) is 23.4 Å². The number of rotatable bonds is 5. The third kappa shape index (κ3) is 3.64. The van der Waals surface area contributed by atoms with Crippen LogP contribution in [0.1, 0.15) is 48.9 Å². The maximum Gasteiger partial charge on any atom is 0.335 e. The Balaban J connectivity index is 1.47. The largest absolute Gasteiger partial charge is 0.497 e. The van der Waals surface area contributed by atoms with Gasteiger partial charge in [0.05, 0.1) is 18.2 Å². The molecule has 0 radical (unpaired) electrons. The first kappa shape index (κ1) is 19.9. The highest BCUT2D eigenvalue weighted by molar-refractivity contribution is 6.03. The van der Waals surface area contributed by atoms with Gasteiger partial charge >= 0.3 is 12.0 Å². The zero-order valence-electron chi connectivity index (χ0n) is 17.7. The van der Waals surface area contributed by atoms with E-state index in [1.54, 1.807) is 19.2 Å². The number of nitrogens with zero attached hydrogens (tertiary/aromatic N) is 1. The summed E-state index contributed by atoms with van der Waals surface area (Å²) in [4.78, 5) is 26.8. The molecule has 0 unspecified atom stereocenters. The molecular weight excluding hydrogens is 392 g/mol. The first-order valence-electron chi connectivity index (χ1n) is 11.0. The average Bonchev–Trinajstić information content (AvgIpc) is 2.73. The number of carbonyl (C=O) groups excluding carboxylic acids is 1. The molecule has 4 fully saturated rings. The third-order valence-electron chi connectivity index (χ3n) is 7.40. The predicted molar refractivity (Wildman–Crippen MR) is 119 cm³/mol. The smallest absolute Gasteiger partial charge is 0.335 e. The zero-order valence-corrected chi connectivity index (χ0v) is 17.7. The summed E-state index contributed by atoms with van der Waals surface area (Å²) < 4.78 is 5.32. The fraction of sp³-hybridized carbons (Fsp3) is 0.440. The minimum Gasteiger partial charge on any atom is -0.497 e. The highest BCUT2D eigenvalue weighted by Crippen LogP contribution is 2.58. The molecule has 0 saturated heterocycles. The van der Waals surface area contributed by atoms with Crippen molar-refractivity contribution in [2.45, 2.75) is 44.1 Å². The van der Waals surface area contributed by atoms with Gasteiger partial charge in [0, 0.05) is 11.4 Å². The summed E-state index contributed by atoms with van der Waals surface area (Å²) in [5.41, 5.74) is 1.51. The minimum absolute atomic E-state index is 0.157. The van der Waals surface area contributed by atoms with Crippen LogP contribution < -0.4 is 15.0 Å². The summed E-state index contributed by atoms with van der Waals surface area (Å²) in [6.07, 6.45) is 7.05. The molecule has 2 amide bonds. The lowest BCUT2D eigenvalue weighted by molar-refractivity contribution is -0.0000247. The van der Waals surface area contributed by atoms with Crippen LogP contribution in [-0.4, -0.2) is 29.8 Å². The molecule has 0 aliphatic heterocycles. The van der Waals surface area contributed by atoms with Crippen LogP contribution in [-0.2, 0) is 0 Å². The summed E-state index contributed by atoms with van der Waals surface area (Å²) >= 11 is 0. The Morgan fingerprint density at radius 3 is 1.97 bits per heavy atom. The fourth-order valence-electron chi connectivity index (χ4n) is 6.55. The van der Waals surface area contributed by atoms with Crippen molar-refractivity contribution in [3.63, 3.8) is 0 Å². The number of methoxy groups -OCH3 is 1. The molecule has 6 nitrogen and oxygen atoms in total. The molecular formula is C25H28N2O4. The maximum absolute atomic E-state index is 13.7. The van der Waals surface area contributed by atoms with Crippen molar-refractivity contribution in [3.8, 4) is 5.75 Å². The van der Waals surface area contributed by atoms with E-state index in [4.69, 9.17) is 9.84 Å². The van der Waals surface area contributed by atoms with Crippen molar-refractivity contribution in [1.29, 1.82) is 0 Å². The predicted octanol–water partition coefficient (Wildman–Crippen LogP) is 5.40. The molecule has 4 aliphatic carbocycles. The first-order chi connectivity index (χ1) is 15.0. The third-order valence-corrected chi connectivity index (χ3v) is 7.40. The topological polar surface area (TPSA) is 78.9 Å². The molecule has 4 bridgehead atoms. The Kier molecular flexibility index (Phi) is 4.88. The molecule has 6 rings (SSSR count). The number of aromatic carboxylic acids is 1. The van der Waals surface area contributed by atoms with Gasteiger partial charge in [0.25, 0.3) is 0 Å². The number of carboxylic acid groups (broad SMARTS) is 1. The number of anilines is 2. The highest BCUT2D eigenvalue weighted by atomic mass is 16.5. The van der Waals surface area contributed by atoms with E-state index in [2.05, 4.69) is 5.32 Å². The summed E-state index contributed by atoms with van der Waals surface area (Å²) in [5, 5.41) is 12.2.